The molecule has 1 spiro atoms. The zero-order chi connectivity index (χ0) is 16.6. The first-order chi connectivity index (χ1) is 11.7. The molecule has 2 amide bonds. The highest BCUT2D eigenvalue weighted by atomic mass is 16.5. The lowest BCUT2D eigenvalue weighted by Gasteiger charge is -2.52. The van der Waals surface area contributed by atoms with Crippen molar-refractivity contribution in [1.29, 1.82) is 0 Å². The van der Waals surface area contributed by atoms with Gasteiger partial charge in [0.1, 0.15) is 0 Å². The molecule has 5 nitrogen and oxygen atoms in total. The zero-order valence-corrected chi connectivity index (χ0v) is 13.9. The van der Waals surface area contributed by atoms with Crippen LogP contribution in [0.3, 0.4) is 0 Å². The van der Waals surface area contributed by atoms with Crippen LogP contribution in [0.4, 0.5) is 5.69 Å². The lowest BCUT2D eigenvalue weighted by Crippen LogP contribution is -2.65. The molecule has 0 atom stereocenters. The number of likely N-dealkylation sites (tertiary alicyclic amines) is 1. The fourth-order valence-corrected chi connectivity index (χ4v) is 4.18. The number of carbonyl (C=O) groups is 2. The summed E-state index contributed by atoms with van der Waals surface area (Å²) in [7, 11) is 0. The van der Waals surface area contributed by atoms with Crippen LogP contribution in [0.1, 0.15) is 25.7 Å². The summed E-state index contributed by atoms with van der Waals surface area (Å²) in [6.07, 6.45) is 3.26. The first-order valence-corrected chi connectivity index (χ1v) is 8.93. The summed E-state index contributed by atoms with van der Waals surface area (Å²) in [4.78, 5) is 29.2. The van der Waals surface area contributed by atoms with E-state index < -0.39 is 0 Å². The van der Waals surface area contributed by atoms with Crippen LogP contribution in [0.2, 0.25) is 0 Å². The van der Waals surface area contributed by atoms with Crippen molar-refractivity contribution < 1.29 is 14.3 Å². The summed E-state index contributed by atoms with van der Waals surface area (Å²) in [5.74, 6) is 0.609. The number of ether oxygens (including phenoxy) is 1. The van der Waals surface area contributed by atoms with E-state index in [9.17, 15) is 9.59 Å². The lowest BCUT2D eigenvalue weighted by atomic mass is 9.70. The van der Waals surface area contributed by atoms with Gasteiger partial charge in [-0.05, 0) is 37.8 Å². The summed E-state index contributed by atoms with van der Waals surface area (Å²) in [6, 6.07) is 9.85. The van der Waals surface area contributed by atoms with Gasteiger partial charge in [0.25, 0.3) is 0 Å². The smallest absolute Gasteiger partial charge is 0.235 e. The van der Waals surface area contributed by atoms with Crippen molar-refractivity contribution in [3.05, 3.63) is 30.3 Å². The Morgan fingerprint density at radius 3 is 2.38 bits per heavy atom. The van der Waals surface area contributed by atoms with Crippen molar-refractivity contribution >= 4 is 17.5 Å². The van der Waals surface area contributed by atoms with E-state index >= 15 is 0 Å². The molecule has 0 saturated carbocycles. The zero-order valence-electron chi connectivity index (χ0n) is 13.9. The van der Waals surface area contributed by atoms with E-state index in [0.717, 1.165) is 37.9 Å². The number of nitrogens with zero attached hydrogens (tertiary/aromatic N) is 2. The number of anilines is 1. The standard InChI is InChI=1S/C19H24N2O3/c22-17(15-6-12-24-13-7-15)20-10-8-19(9-11-20)14-21(18(19)23)16-4-2-1-3-5-16/h1-5,15H,6-14H2. The van der Waals surface area contributed by atoms with Crippen LogP contribution in [0.15, 0.2) is 30.3 Å². The fourth-order valence-electron chi connectivity index (χ4n) is 4.18. The molecule has 3 aliphatic heterocycles. The second-order valence-electron chi connectivity index (χ2n) is 7.22. The van der Waals surface area contributed by atoms with Gasteiger partial charge < -0.3 is 14.5 Å². The summed E-state index contributed by atoms with van der Waals surface area (Å²) in [5, 5.41) is 0. The fraction of sp³-hybridized carbons (Fsp3) is 0.579. The highest BCUT2D eigenvalue weighted by molar-refractivity contribution is 6.04. The van der Waals surface area contributed by atoms with Gasteiger partial charge in [-0.3, -0.25) is 9.59 Å². The summed E-state index contributed by atoms with van der Waals surface area (Å²) in [6.45, 7) is 3.60. The van der Waals surface area contributed by atoms with Crippen molar-refractivity contribution in [2.24, 2.45) is 11.3 Å². The van der Waals surface area contributed by atoms with Gasteiger partial charge in [0.15, 0.2) is 0 Å². The highest BCUT2D eigenvalue weighted by Gasteiger charge is 2.54. The number of rotatable bonds is 2. The minimum absolute atomic E-state index is 0.116. The van der Waals surface area contributed by atoms with E-state index in [1.807, 2.05) is 40.1 Å². The average Bonchev–Trinajstić information content (AvgIpc) is 2.67. The molecular formula is C19H24N2O3. The number of hydrogen-bond donors (Lipinski definition) is 0. The monoisotopic (exact) mass is 328 g/mol. The molecule has 1 aromatic carbocycles. The Morgan fingerprint density at radius 1 is 1.08 bits per heavy atom. The van der Waals surface area contributed by atoms with Crippen LogP contribution in [0, 0.1) is 11.3 Å². The summed E-state index contributed by atoms with van der Waals surface area (Å²) in [5.41, 5.74) is 0.747. The molecule has 0 bridgehead atoms. The first kappa shape index (κ1) is 15.6. The predicted octanol–water partition coefficient (Wildman–Crippen LogP) is 2.07. The van der Waals surface area contributed by atoms with Gasteiger partial charge in [0.05, 0.1) is 5.41 Å². The Labute approximate surface area is 142 Å². The van der Waals surface area contributed by atoms with Crippen molar-refractivity contribution in [3.8, 4) is 0 Å². The SMILES string of the molecule is O=C(C1CCOCC1)N1CCC2(CC1)CN(c1ccccc1)C2=O. The third-order valence-corrected chi connectivity index (χ3v) is 5.83. The van der Waals surface area contributed by atoms with Crippen LogP contribution < -0.4 is 4.90 Å². The van der Waals surface area contributed by atoms with E-state index in [2.05, 4.69) is 0 Å². The van der Waals surface area contributed by atoms with Crippen molar-refractivity contribution in [1.82, 2.24) is 4.90 Å². The molecular weight excluding hydrogens is 304 g/mol. The quantitative estimate of drug-likeness (QED) is 0.781. The van der Waals surface area contributed by atoms with E-state index in [0.29, 0.717) is 26.3 Å². The molecule has 128 valence electrons. The molecule has 3 saturated heterocycles. The maximum Gasteiger partial charge on any atom is 0.235 e. The molecule has 24 heavy (non-hydrogen) atoms. The second-order valence-corrected chi connectivity index (χ2v) is 7.22. The first-order valence-electron chi connectivity index (χ1n) is 8.93. The minimum atomic E-state index is -0.234. The number of β-lactam (4-membered cyclic amide) rings is 1. The van der Waals surface area contributed by atoms with Gasteiger partial charge in [0, 0.05) is 44.5 Å². The Morgan fingerprint density at radius 2 is 1.75 bits per heavy atom. The van der Waals surface area contributed by atoms with E-state index in [-0.39, 0.29) is 23.1 Å². The van der Waals surface area contributed by atoms with E-state index in [4.69, 9.17) is 4.74 Å². The molecule has 0 N–H and O–H groups in total. The minimum Gasteiger partial charge on any atom is -0.381 e. The Kier molecular flexibility index (Phi) is 4.04. The topological polar surface area (TPSA) is 49.9 Å². The molecule has 3 fully saturated rings. The van der Waals surface area contributed by atoms with Gasteiger partial charge in [0.2, 0.25) is 11.8 Å². The molecule has 0 aliphatic carbocycles. The van der Waals surface area contributed by atoms with Crippen LogP contribution in [0.5, 0.6) is 0 Å². The normalized spacial score (nSPS) is 24.1. The molecule has 4 rings (SSSR count). The number of hydrogen-bond acceptors (Lipinski definition) is 3. The Hall–Kier alpha value is -1.88. The summed E-state index contributed by atoms with van der Waals surface area (Å²) < 4.78 is 5.34. The molecule has 3 aliphatic rings. The molecule has 3 heterocycles. The molecule has 5 heteroatoms. The van der Waals surface area contributed by atoms with Crippen LogP contribution in [-0.2, 0) is 14.3 Å². The maximum absolute atomic E-state index is 12.7. The van der Waals surface area contributed by atoms with Gasteiger partial charge in [-0.2, -0.15) is 0 Å². The third-order valence-electron chi connectivity index (χ3n) is 5.83. The lowest BCUT2D eigenvalue weighted by molar-refractivity contribution is -0.147. The Balaban J connectivity index is 1.35. The van der Waals surface area contributed by atoms with Crippen molar-refractivity contribution in [3.63, 3.8) is 0 Å². The highest BCUT2D eigenvalue weighted by Crippen LogP contribution is 2.44. The number of benzene rings is 1. The number of para-hydroxylation sites is 1. The molecule has 1 aromatic rings. The second kappa shape index (κ2) is 6.20. The summed E-state index contributed by atoms with van der Waals surface area (Å²) >= 11 is 0. The average molecular weight is 328 g/mol. The van der Waals surface area contributed by atoms with Crippen LogP contribution in [-0.4, -0.2) is 49.6 Å². The van der Waals surface area contributed by atoms with Crippen LogP contribution >= 0.6 is 0 Å². The van der Waals surface area contributed by atoms with E-state index in [1.165, 1.54) is 0 Å². The molecule has 0 aromatic heterocycles. The maximum atomic E-state index is 12.7. The van der Waals surface area contributed by atoms with Crippen molar-refractivity contribution in [2.45, 2.75) is 25.7 Å². The van der Waals surface area contributed by atoms with Crippen molar-refractivity contribution in [2.75, 3.05) is 37.7 Å². The van der Waals surface area contributed by atoms with E-state index in [1.54, 1.807) is 0 Å². The molecule has 0 unspecified atom stereocenters. The number of amides is 2. The number of piperidine rings is 1. The van der Waals surface area contributed by atoms with Gasteiger partial charge >= 0.3 is 0 Å². The largest absolute Gasteiger partial charge is 0.381 e. The number of carbonyl (C=O) groups excluding carboxylic acids is 2. The Bertz CT molecular complexity index is 617. The van der Waals surface area contributed by atoms with Crippen LogP contribution in [0.25, 0.3) is 0 Å². The van der Waals surface area contributed by atoms with Gasteiger partial charge in [-0.1, -0.05) is 18.2 Å². The van der Waals surface area contributed by atoms with Gasteiger partial charge in [-0.15, -0.1) is 0 Å². The van der Waals surface area contributed by atoms with Gasteiger partial charge in [-0.25, -0.2) is 0 Å². The molecule has 0 radical (unpaired) electrons. The third kappa shape index (κ3) is 2.61. The predicted molar refractivity (Wildman–Crippen MR) is 90.6 cm³/mol.